The number of benzene rings is 1. The fourth-order valence-corrected chi connectivity index (χ4v) is 1.68. The summed E-state index contributed by atoms with van der Waals surface area (Å²) in [5.74, 6) is 0. The zero-order valence-electron chi connectivity index (χ0n) is 10.2. The van der Waals surface area contributed by atoms with Gasteiger partial charge in [-0.2, -0.15) is 0 Å². The van der Waals surface area contributed by atoms with E-state index in [-0.39, 0.29) is 0 Å². The Labute approximate surface area is 103 Å². The molecule has 0 saturated carbocycles. The molecule has 16 heavy (non-hydrogen) atoms. The van der Waals surface area contributed by atoms with Crippen molar-refractivity contribution in [2.24, 2.45) is 0 Å². The second-order valence-corrected chi connectivity index (χ2v) is 4.62. The van der Waals surface area contributed by atoms with Crippen LogP contribution in [0.5, 0.6) is 0 Å². The Kier molecular flexibility index (Phi) is 5.81. The van der Waals surface area contributed by atoms with Crippen LogP contribution in [0.25, 0.3) is 0 Å². The van der Waals surface area contributed by atoms with Crippen LogP contribution in [0.3, 0.4) is 0 Å². The van der Waals surface area contributed by atoms with Crippen molar-refractivity contribution in [1.82, 2.24) is 4.90 Å². The predicted octanol–water partition coefficient (Wildman–Crippen LogP) is 3.20. The van der Waals surface area contributed by atoms with E-state index in [4.69, 9.17) is 16.3 Å². The van der Waals surface area contributed by atoms with Gasteiger partial charge in [-0.05, 0) is 31.5 Å². The van der Waals surface area contributed by atoms with E-state index in [9.17, 15) is 0 Å². The molecule has 1 aromatic rings. The number of hydrogen-bond acceptors (Lipinski definition) is 2. The smallest absolute Gasteiger partial charge is 0.0589 e. The van der Waals surface area contributed by atoms with E-state index in [1.54, 1.807) is 7.11 Å². The van der Waals surface area contributed by atoms with Gasteiger partial charge < -0.3 is 4.74 Å². The van der Waals surface area contributed by atoms with Crippen molar-refractivity contribution in [3.05, 3.63) is 34.9 Å². The molecule has 0 N–H and O–H groups in total. The first kappa shape index (κ1) is 13.5. The van der Waals surface area contributed by atoms with E-state index in [2.05, 4.69) is 30.9 Å². The summed E-state index contributed by atoms with van der Waals surface area (Å²) in [6.45, 7) is 7.07. The van der Waals surface area contributed by atoms with Gasteiger partial charge in [-0.1, -0.05) is 23.7 Å². The highest BCUT2D eigenvalue weighted by Gasteiger charge is 2.09. The molecule has 0 spiro atoms. The number of rotatable bonds is 6. The molecule has 0 atom stereocenters. The van der Waals surface area contributed by atoms with Gasteiger partial charge in [0.1, 0.15) is 0 Å². The molecule has 0 bridgehead atoms. The second kappa shape index (κ2) is 6.89. The highest BCUT2D eigenvalue weighted by atomic mass is 35.5. The second-order valence-electron chi connectivity index (χ2n) is 4.18. The quantitative estimate of drug-likeness (QED) is 0.759. The van der Waals surface area contributed by atoms with Crippen molar-refractivity contribution in [2.75, 3.05) is 20.3 Å². The van der Waals surface area contributed by atoms with Gasteiger partial charge in [-0.15, -0.1) is 0 Å². The van der Waals surface area contributed by atoms with Crippen molar-refractivity contribution >= 4 is 11.6 Å². The van der Waals surface area contributed by atoms with Crippen molar-refractivity contribution in [3.63, 3.8) is 0 Å². The molecule has 90 valence electrons. The van der Waals surface area contributed by atoms with Crippen LogP contribution in [0.2, 0.25) is 5.02 Å². The molecule has 3 heteroatoms. The van der Waals surface area contributed by atoms with Crippen LogP contribution in [0.1, 0.15) is 19.4 Å². The van der Waals surface area contributed by atoms with Crippen LogP contribution in [0, 0.1) is 0 Å². The molecule has 0 aliphatic carbocycles. The zero-order valence-corrected chi connectivity index (χ0v) is 11.0. The first-order valence-electron chi connectivity index (χ1n) is 5.61. The lowest BCUT2D eigenvalue weighted by atomic mass is 10.2. The molecule has 2 nitrogen and oxygen atoms in total. The number of halogens is 1. The minimum absolute atomic E-state index is 0.519. The molecule has 1 rings (SSSR count). The third-order valence-corrected chi connectivity index (χ3v) is 2.86. The summed E-state index contributed by atoms with van der Waals surface area (Å²) in [6, 6.07) is 8.54. The van der Waals surface area contributed by atoms with E-state index in [1.165, 1.54) is 5.56 Å². The standard InChI is InChI=1S/C13H20ClNO/c1-11(2)15(8-9-16-3)10-12-4-6-13(14)7-5-12/h4-7,11H,8-10H2,1-3H3. The summed E-state index contributed by atoms with van der Waals surface area (Å²) in [6.07, 6.45) is 0. The van der Waals surface area contributed by atoms with E-state index in [0.29, 0.717) is 6.04 Å². The lowest BCUT2D eigenvalue weighted by Crippen LogP contribution is -2.33. The minimum Gasteiger partial charge on any atom is -0.383 e. The van der Waals surface area contributed by atoms with E-state index < -0.39 is 0 Å². The molecule has 0 fully saturated rings. The summed E-state index contributed by atoms with van der Waals surface area (Å²) in [5, 5.41) is 0.789. The Morgan fingerprint density at radius 3 is 2.38 bits per heavy atom. The Hall–Kier alpha value is -0.570. The molecular weight excluding hydrogens is 222 g/mol. The van der Waals surface area contributed by atoms with Crippen molar-refractivity contribution < 1.29 is 4.74 Å². The van der Waals surface area contributed by atoms with E-state index in [1.807, 2.05) is 12.1 Å². The van der Waals surface area contributed by atoms with Gasteiger partial charge in [0, 0.05) is 31.3 Å². The SMILES string of the molecule is COCCN(Cc1ccc(Cl)cc1)C(C)C. The molecule has 0 unspecified atom stereocenters. The molecule has 0 aliphatic heterocycles. The maximum absolute atomic E-state index is 5.86. The minimum atomic E-state index is 0.519. The van der Waals surface area contributed by atoms with Crippen molar-refractivity contribution in [1.29, 1.82) is 0 Å². The van der Waals surface area contributed by atoms with Gasteiger partial charge in [-0.3, -0.25) is 4.90 Å². The summed E-state index contributed by atoms with van der Waals surface area (Å²) in [4.78, 5) is 2.38. The number of hydrogen-bond donors (Lipinski definition) is 0. The monoisotopic (exact) mass is 241 g/mol. The summed E-state index contributed by atoms with van der Waals surface area (Å²) < 4.78 is 5.12. The topological polar surface area (TPSA) is 12.5 Å². The van der Waals surface area contributed by atoms with Crippen LogP contribution in [-0.2, 0) is 11.3 Å². The zero-order chi connectivity index (χ0) is 12.0. The molecule has 0 heterocycles. The van der Waals surface area contributed by atoms with Gasteiger partial charge >= 0.3 is 0 Å². The molecule has 0 aliphatic rings. The average Bonchev–Trinajstić information content (AvgIpc) is 2.26. The Morgan fingerprint density at radius 2 is 1.88 bits per heavy atom. The van der Waals surface area contributed by atoms with E-state index >= 15 is 0 Å². The highest BCUT2D eigenvalue weighted by Crippen LogP contribution is 2.12. The fourth-order valence-electron chi connectivity index (χ4n) is 1.55. The van der Waals surface area contributed by atoms with E-state index in [0.717, 1.165) is 24.7 Å². The molecule has 0 amide bonds. The number of methoxy groups -OCH3 is 1. The summed E-state index contributed by atoms with van der Waals surface area (Å²) in [7, 11) is 1.74. The normalized spacial score (nSPS) is 11.4. The van der Waals surface area contributed by atoms with Crippen LogP contribution in [0.4, 0.5) is 0 Å². The molecule has 0 radical (unpaired) electrons. The largest absolute Gasteiger partial charge is 0.383 e. The van der Waals surface area contributed by atoms with Crippen LogP contribution in [-0.4, -0.2) is 31.2 Å². The Morgan fingerprint density at radius 1 is 1.25 bits per heavy atom. The summed E-state index contributed by atoms with van der Waals surface area (Å²) in [5.41, 5.74) is 1.29. The third-order valence-electron chi connectivity index (χ3n) is 2.61. The van der Waals surface area contributed by atoms with Crippen LogP contribution >= 0.6 is 11.6 Å². The first-order valence-corrected chi connectivity index (χ1v) is 5.98. The fraction of sp³-hybridized carbons (Fsp3) is 0.538. The number of nitrogens with zero attached hydrogens (tertiary/aromatic N) is 1. The van der Waals surface area contributed by atoms with Crippen LogP contribution < -0.4 is 0 Å². The maximum atomic E-state index is 5.86. The lowest BCUT2D eigenvalue weighted by Gasteiger charge is -2.26. The van der Waals surface area contributed by atoms with Gasteiger partial charge in [0.15, 0.2) is 0 Å². The number of ether oxygens (including phenoxy) is 1. The molecule has 0 aromatic heterocycles. The third kappa shape index (κ3) is 4.52. The predicted molar refractivity (Wildman–Crippen MR) is 68.9 cm³/mol. The first-order chi connectivity index (χ1) is 7.63. The highest BCUT2D eigenvalue weighted by molar-refractivity contribution is 6.30. The lowest BCUT2D eigenvalue weighted by molar-refractivity contribution is 0.125. The van der Waals surface area contributed by atoms with Crippen LogP contribution in [0.15, 0.2) is 24.3 Å². The Balaban J connectivity index is 2.57. The molecule has 0 saturated heterocycles. The maximum Gasteiger partial charge on any atom is 0.0589 e. The van der Waals surface area contributed by atoms with Crippen molar-refractivity contribution in [3.8, 4) is 0 Å². The van der Waals surface area contributed by atoms with Gasteiger partial charge in [0.2, 0.25) is 0 Å². The van der Waals surface area contributed by atoms with Gasteiger partial charge in [0.05, 0.1) is 6.61 Å². The molecular formula is C13H20ClNO. The van der Waals surface area contributed by atoms with Gasteiger partial charge in [-0.25, -0.2) is 0 Å². The summed E-state index contributed by atoms with van der Waals surface area (Å²) >= 11 is 5.86. The Bertz CT molecular complexity index is 297. The molecule has 1 aromatic carbocycles. The van der Waals surface area contributed by atoms with Gasteiger partial charge in [0.25, 0.3) is 0 Å². The average molecular weight is 242 g/mol. The van der Waals surface area contributed by atoms with Crippen molar-refractivity contribution in [2.45, 2.75) is 26.4 Å².